The van der Waals surface area contributed by atoms with Crippen LogP contribution < -0.4 is 0 Å². The van der Waals surface area contributed by atoms with Crippen LogP contribution in [0, 0.1) is 13.8 Å². The molecule has 0 unspecified atom stereocenters. The van der Waals surface area contributed by atoms with E-state index in [1.807, 2.05) is 76.9 Å². The summed E-state index contributed by atoms with van der Waals surface area (Å²) in [6, 6.07) is 15.4. The third kappa shape index (κ3) is 4.99. The number of hydrogen-bond donors (Lipinski definition) is 0. The lowest BCUT2D eigenvalue weighted by atomic mass is 10.1. The van der Waals surface area contributed by atoms with Gasteiger partial charge < -0.3 is 9.80 Å². The highest BCUT2D eigenvalue weighted by Crippen LogP contribution is 2.14. The Hall–Kier alpha value is -3.48. The van der Waals surface area contributed by atoms with Gasteiger partial charge in [0.15, 0.2) is 0 Å². The first-order valence-electron chi connectivity index (χ1n) is 10.6. The summed E-state index contributed by atoms with van der Waals surface area (Å²) in [6.07, 6.45) is 1.99. The molecule has 31 heavy (non-hydrogen) atoms. The lowest BCUT2D eigenvalue weighted by Crippen LogP contribution is -2.51. The molecular formula is C24H27N5O2. The van der Waals surface area contributed by atoms with E-state index in [1.165, 1.54) is 0 Å². The fraction of sp³-hybridized carbons (Fsp3) is 0.333. The van der Waals surface area contributed by atoms with Gasteiger partial charge in [-0.3, -0.25) is 19.3 Å². The quantitative estimate of drug-likeness (QED) is 0.639. The van der Waals surface area contributed by atoms with Gasteiger partial charge in [0, 0.05) is 49.3 Å². The van der Waals surface area contributed by atoms with Crippen molar-refractivity contribution in [3.05, 3.63) is 82.9 Å². The number of benzene rings is 1. The van der Waals surface area contributed by atoms with Gasteiger partial charge in [0.2, 0.25) is 5.91 Å². The van der Waals surface area contributed by atoms with Crippen LogP contribution in [0.5, 0.6) is 0 Å². The largest absolute Gasteiger partial charge is 0.339 e. The average Bonchev–Trinajstić information content (AvgIpc) is 3.10. The Morgan fingerprint density at radius 2 is 1.71 bits per heavy atom. The van der Waals surface area contributed by atoms with E-state index in [0.717, 1.165) is 22.6 Å². The van der Waals surface area contributed by atoms with Crippen LogP contribution in [0.2, 0.25) is 0 Å². The van der Waals surface area contributed by atoms with Crippen LogP contribution >= 0.6 is 0 Å². The van der Waals surface area contributed by atoms with Gasteiger partial charge in [-0.05, 0) is 49.7 Å². The van der Waals surface area contributed by atoms with Crippen LogP contribution in [0.1, 0.15) is 33.0 Å². The topological polar surface area (TPSA) is 71.3 Å². The summed E-state index contributed by atoms with van der Waals surface area (Å²) in [4.78, 5) is 33.4. The fourth-order valence-corrected chi connectivity index (χ4v) is 3.92. The van der Waals surface area contributed by atoms with Crippen LogP contribution in [0.25, 0.3) is 0 Å². The zero-order chi connectivity index (χ0) is 21.8. The second-order valence-corrected chi connectivity index (χ2v) is 7.96. The number of hydrogen-bond acceptors (Lipinski definition) is 4. The molecular weight excluding hydrogens is 390 g/mol. The molecule has 3 heterocycles. The van der Waals surface area contributed by atoms with Crippen LogP contribution in [-0.4, -0.2) is 62.6 Å². The molecule has 4 rings (SSSR count). The number of rotatable bonds is 5. The monoisotopic (exact) mass is 417 g/mol. The lowest BCUT2D eigenvalue weighted by Gasteiger charge is -2.35. The van der Waals surface area contributed by atoms with E-state index in [0.29, 0.717) is 44.7 Å². The van der Waals surface area contributed by atoms with E-state index >= 15 is 0 Å². The number of nitrogens with zero attached hydrogens (tertiary/aromatic N) is 5. The predicted octanol–water partition coefficient (Wildman–Crippen LogP) is 2.47. The highest BCUT2D eigenvalue weighted by molar-refractivity contribution is 5.94. The molecule has 0 radical (unpaired) electrons. The summed E-state index contributed by atoms with van der Waals surface area (Å²) >= 11 is 0. The maximum absolute atomic E-state index is 13.0. The van der Waals surface area contributed by atoms with Gasteiger partial charge >= 0.3 is 0 Å². The van der Waals surface area contributed by atoms with Crippen LogP contribution in [-0.2, 0) is 17.8 Å². The molecule has 0 atom stereocenters. The Kier molecular flexibility index (Phi) is 6.11. The first kappa shape index (κ1) is 20.8. The molecule has 2 amide bonds. The Morgan fingerprint density at radius 3 is 2.39 bits per heavy atom. The van der Waals surface area contributed by atoms with E-state index in [2.05, 4.69) is 10.1 Å². The van der Waals surface area contributed by atoms with Crippen molar-refractivity contribution in [3.8, 4) is 0 Å². The molecule has 7 nitrogen and oxygen atoms in total. The minimum atomic E-state index is 0.00652. The van der Waals surface area contributed by atoms with Crippen molar-refractivity contribution in [1.29, 1.82) is 0 Å². The number of aryl methyl sites for hydroxylation is 2. The van der Waals surface area contributed by atoms with Crippen LogP contribution in [0.4, 0.5) is 0 Å². The predicted molar refractivity (Wildman–Crippen MR) is 118 cm³/mol. The first-order chi connectivity index (χ1) is 15.0. The zero-order valence-corrected chi connectivity index (χ0v) is 18.0. The van der Waals surface area contributed by atoms with Gasteiger partial charge in [0.1, 0.15) is 0 Å². The number of amides is 2. The highest BCUT2D eigenvalue weighted by atomic mass is 16.2. The van der Waals surface area contributed by atoms with Crippen molar-refractivity contribution in [2.45, 2.75) is 26.8 Å². The first-order valence-corrected chi connectivity index (χ1v) is 10.6. The molecule has 0 aliphatic carbocycles. The van der Waals surface area contributed by atoms with Crippen molar-refractivity contribution in [3.63, 3.8) is 0 Å². The summed E-state index contributed by atoms with van der Waals surface area (Å²) in [5.74, 6) is 0.0599. The molecule has 1 fully saturated rings. The molecule has 0 bridgehead atoms. The summed E-state index contributed by atoms with van der Waals surface area (Å²) in [5, 5.41) is 4.50. The van der Waals surface area contributed by atoms with E-state index in [9.17, 15) is 9.59 Å². The van der Waals surface area contributed by atoms with E-state index in [1.54, 1.807) is 6.20 Å². The standard InChI is InChI=1S/C24H27N5O2/c1-18-14-19(2)29(26-18)17-20-6-5-7-21(15-20)24(31)28-12-10-27(11-13-28)23(30)16-22-8-3-4-9-25-22/h3-9,14-15H,10-13,16-17H2,1-2H3. The third-order valence-electron chi connectivity index (χ3n) is 5.59. The van der Waals surface area contributed by atoms with Gasteiger partial charge in [0.25, 0.3) is 5.91 Å². The number of aromatic nitrogens is 3. The van der Waals surface area contributed by atoms with Gasteiger partial charge in [-0.25, -0.2) is 0 Å². The van der Waals surface area contributed by atoms with Gasteiger partial charge in [-0.15, -0.1) is 0 Å². The Bertz CT molecular complexity index is 1070. The number of pyridine rings is 1. The third-order valence-corrected chi connectivity index (χ3v) is 5.59. The van der Waals surface area contributed by atoms with Crippen molar-refractivity contribution in [2.75, 3.05) is 26.2 Å². The van der Waals surface area contributed by atoms with Crippen molar-refractivity contribution in [1.82, 2.24) is 24.6 Å². The van der Waals surface area contributed by atoms with Crippen molar-refractivity contribution in [2.24, 2.45) is 0 Å². The number of piperazine rings is 1. The molecule has 0 N–H and O–H groups in total. The SMILES string of the molecule is Cc1cc(C)n(Cc2cccc(C(=O)N3CCN(C(=O)Cc4ccccn4)CC3)c2)n1. The molecule has 1 aliphatic rings. The molecule has 1 aliphatic heterocycles. The minimum Gasteiger partial charge on any atom is -0.339 e. The smallest absolute Gasteiger partial charge is 0.253 e. The molecule has 3 aromatic rings. The number of carbonyl (C=O) groups excluding carboxylic acids is 2. The van der Waals surface area contributed by atoms with Gasteiger partial charge in [-0.2, -0.15) is 5.10 Å². The number of carbonyl (C=O) groups is 2. The highest BCUT2D eigenvalue weighted by Gasteiger charge is 2.25. The summed E-state index contributed by atoms with van der Waals surface area (Å²) in [7, 11) is 0. The zero-order valence-electron chi connectivity index (χ0n) is 18.0. The molecule has 160 valence electrons. The second-order valence-electron chi connectivity index (χ2n) is 7.96. The molecule has 0 saturated carbocycles. The van der Waals surface area contributed by atoms with Crippen LogP contribution in [0.3, 0.4) is 0 Å². The summed E-state index contributed by atoms with van der Waals surface area (Å²) < 4.78 is 1.95. The summed E-state index contributed by atoms with van der Waals surface area (Å²) in [5.41, 5.74) is 4.57. The molecule has 1 aromatic carbocycles. The maximum atomic E-state index is 13.0. The van der Waals surface area contributed by atoms with Gasteiger partial charge in [0.05, 0.1) is 18.7 Å². The molecule has 2 aromatic heterocycles. The Labute approximate surface area is 182 Å². The van der Waals surface area contributed by atoms with Gasteiger partial charge in [-0.1, -0.05) is 18.2 Å². The average molecular weight is 418 g/mol. The van der Waals surface area contributed by atoms with E-state index < -0.39 is 0 Å². The lowest BCUT2D eigenvalue weighted by molar-refractivity contribution is -0.132. The Morgan fingerprint density at radius 1 is 0.935 bits per heavy atom. The minimum absolute atomic E-state index is 0.00652. The Balaban J connectivity index is 1.35. The van der Waals surface area contributed by atoms with E-state index in [4.69, 9.17) is 0 Å². The normalized spacial score (nSPS) is 14.0. The summed E-state index contributed by atoms with van der Waals surface area (Å²) in [6.45, 7) is 6.80. The van der Waals surface area contributed by atoms with Crippen LogP contribution in [0.15, 0.2) is 54.7 Å². The van der Waals surface area contributed by atoms with Crippen molar-refractivity contribution >= 4 is 11.8 Å². The second kappa shape index (κ2) is 9.12. The molecule has 1 saturated heterocycles. The van der Waals surface area contributed by atoms with E-state index in [-0.39, 0.29) is 11.8 Å². The molecule has 7 heteroatoms. The maximum Gasteiger partial charge on any atom is 0.253 e. The van der Waals surface area contributed by atoms with Crippen molar-refractivity contribution < 1.29 is 9.59 Å². The fourth-order valence-electron chi connectivity index (χ4n) is 3.92. The molecule has 0 spiro atoms.